The van der Waals surface area contributed by atoms with E-state index in [0.29, 0.717) is 35.3 Å². The van der Waals surface area contributed by atoms with Gasteiger partial charge in [0.2, 0.25) is 0 Å². The van der Waals surface area contributed by atoms with Gasteiger partial charge in [0.1, 0.15) is 5.41 Å². The smallest absolute Gasteiger partial charge is 0.307 e. The lowest BCUT2D eigenvalue weighted by Crippen LogP contribution is -2.49. The first-order valence-corrected chi connectivity index (χ1v) is 11.7. The number of hydrogen-bond donors (Lipinski definition) is 0. The maximum atomic E-state index is 13.5. The van der Waals surface area contributed by atoms with Crippen LogP contribution in [0.1, 0.15) is 64.8 Å². The summed E-state index contributed by atoms with van der Waals surface area (Å²) in [5.74, 6) is -0.765. The lowest BCUT2D eigenvalue weighted by atomic mass is 9.73. The van der Waals surface area contributed by atoms with Crippen molar-refractivity contribution in [2.75, 3.05) is 19.7 Å². The standard InChI is InChI=1S/C27H29NO4/c29-24(32-18-19-9-8-16-28-15-7-6-14-23(19)28)17-27(20-10-2-1-3-11-20)25(30)21-12-4-5-13-22(21)26(27)31/h1-5,10-13,19,23H,6-9,14-18H2/t19-,23+/m0/s1. The van der Waals surface area contributed by atoms with E-state index >= 15 is 0 Å². The average Bonchev–Trinajstić information content (AvgIpc) is 3.06. The second-order valence-corrected chi connectivity index (χ2v) is 9.34. The molecular weight excluding hydrogens is 402 g/mol. The molecule has 32 heavy (non-hydrogen) atoms. The third kappa shape index (κ3) is 3.49. The Morgan fingerprint density at radius 3 is 2.25 bits per heavy atom. The normalized spacial score (nSPS) is 24.6. The van der Waals surface area contributed by atoms with Crippen LogP contribution >= 0.6 is 0 Å². The van der Waals surface area contributed by atoms with Crippen LogP contribution in [0.2, 0.25) is 0 Å². The number of ketones is 2. The van der Waals surface area contributed by atoms with Gasteiger partial charge < -0.3 is 4.74 Å². The Kier molecular flexibility index (Phi) is 5.68. The van der Waals surface area contributed by atoms with E-state index in [9.17, 15) is 14.4 Å². The average molecular weight is 432 g/mol. The van der Waals surface area contributed by atoms with E-state index in [1.54, 1.807) is 48.5 Å². The van der Waals surface area contributed by atoms with Crippen molar-refractivity contribution in [2.24, 2.45) is 5.92 Å². The zero-order valence-electron chi connectivity index (χ0n) is 18.3. The van der Waals surface area contributed by atoms with Crippen molar-refractivity contribution >= 4 is 17.5 Å². The summed E-state index contributed by atoms with van der Waals surface area (Å²) in [4.78, 5) is 42.7. The fourth-order valence-electron chi connectivity index (χ4n) is 5.93. The highest BCUT2D eigenvalue weighted by Crippen LogP contribution is 2.42. The number of benzene rings is 2. The van der Waals surface area contributed by atoms with Gasteiger partial charge in [0.15, 0.2) is 11.6 Å². The molecule has 0 radical (unpaired) electrons. The summed E-state index contributed by atoms with van der Waals surface area (Å²) in [7, 11) is 0. The van der Waals surface area contributed by atoms with Crippen LogP contribution in [0.5, 0.6) is 0 Å². The molecule has 1 aliphatic carbocycles. The lowest BCUT2D eigenvalue weighted by molar-refractivity contribution is -0.147. The zero-order valence-corrected chi connectivity index (χ0v) is 18.3. The molecule has 0 amide bonds. The minimum Gasteiger partial charge on any atom is -0.465 e. The first-order valence-electron chi connectivity index (χ1n) is 11.7. The number of ether oxygens (including phenoxy) is 1. The Morgan fingerprint density at radius 2 is 1.53 bits per heavy atom. The van der Waals surface area contributed by atoms with Crippen LogP contribution in [0, 0.1) is 5.92 Å². The minimum absolute atomic E-state index is 0.259. The van der Waals surface area contributed by atoms with E-state index < -0.39 is 11.4 Å². The van der Waals surface area contributed by atoms with E-state index in [0.717, 1.165) is 32.4 Å². The van der Waals surface area contributed by atoms with Crippen molar-refractivity contribution in [1.29, 1.82) is 0 Å². The molecule has 0 saturated carbocycles. The molecule has 5 rings (SSSR count). The molecule has 0 aromatic heterocycles. The number of fused-ring (bicyclic) bond motifs is 2. The van der Waals surface area contributed by atoms with Crippen LogP contribution in [0.4, 0.5) is 0 Å². The van der Waals surface area contributed by atoms with E-state index in [1.807, 2.05) is 6.07 Å². The summed E-state index contributed by atoms with van der Waals surface area (Å²) in [6.45, 7) is 2.63. The molecule has 2 atom stereocenters. The van der Waals surface area contributed by atoms with Crippen LogP contribution in [-0.4, -0.2) is 48.2 Å². The van der Waals surface area contributed by atoms with Crippen LogP contribution in [0.15, 0.2) is 54.6 Å². The van der Waals surface area contributed by atoms with E-state index in [2.05, 4.69) is 4.90 Å². The highest BCUT2D eigenvalue weighted by molar-refractivity contribution is 6.34. The summed E-state index contributed by atoms with van der Waals surface area (Å²) >= 11 is 0. The molecule has 2 saturated heterocycles. The van der Waals surface area contributed by atoms with Gasteiger partial charge >= 0.3 is 5.97 Å². The summed E-state index contributed by atoms with van der Waals surface area (Å²) < 4.78 is 5.76. The molecule has 0 N–H and O–H groups in total. The summed E-state index contributed by atoms with van der Waals surface area (Å²) in [6.07, 6.45) is 5.55. The minimum atomic E-state index is -1.54. The number of rotatable bonds is 5. The van der Waals surface area contributed by atoms with Gasteiger partial charge in [-0.3, -0.25) is 19.3 Å². The Hall–Kier alpha value is -2.79. The second-order valence-electron chi connectivity index (χ2n) is 9.34. The Balaban J connectivity index is 1.37. The summed E-state index contributed by atoms with van der Waals surface area (Å²) in [6, 6.07) is 16.3. The number of piperidine rings is 2. The summed E-state index contributed by atoms with van der Waals surface area (Å²) in [5.41, 5.74) is -0.205. The molecule has 5 heteroatoms. The molecule has 3 aliphatic rings. The Bertz CT molecular complexity index is 994. The maximum Gasteiger partial charge on any atom is 0.307 e. The van der Waals surface area contributed by atoms with Crippen LogP contribution in [0.25, 0.3) is 0 Å². The molecular formula is C27H29NO4. The summed E-state index contributed by atoms with van der Waals surface area (Å²) in [5, 5.41) is 0. The quantitative estimate of drug-likeness (QED) is 0.524. The third-order valence-corrected chi connectivity index (χ3v) is 7.55. The van der Waals surface area contributed by atoms with Gasteiger partial charge in [0.05, 0.1) is 13.0 Å². The first-order chi connectivity index (χ1) is 15.6. The van der Waals surface area contributed by atoms with Gasteiger partial charge in [-0.25, -0.2) is 0 Å². The number of hydrogen-bond acceptors (Lipinski definition) is 5. The fraction of sp³-hybridized carbons (Fsp3) is 0.444. The molecule has 2 aliphatic heterocycles. The maximum absolute atomic E-state index is 13.5. The topological polar surface area (TPSA) is 63.7 Å². The van der Waals surface area contributed by atoms with E-state index in [4.69, 9.17) is 4.74 Å². The van der Waals surface area contributed by atoms with Crippen LogP contribution < -0.4 is 0 Å². The molecule has 0 bridgehead atoms. The van der Waals surface area contributed by atoms with Crippen molar-refractivity contribution in [3.05, 3.63) is 71.3 Å². The largest absolute Gasteiger partial charge is 0.465 e. The van der Waals surface area contributed by atoms with Gasteiger partial charge in [-0.2, -0.15) is 0 Å². The molecule has 2 aromatic carbocycles. The highest BCUT2D eigenvalue weighted by atomic mass is 16.5. The number of carbonyl (C=O) groups excluding carboxylic acids is 3. The van der Waals surface area contributed by atoms with Crippen LogP contribution in [-0.2, 0) is 14.9 Å². The molecule has 0 spiro atoms. The number of nitrogens with zero attached hydrogens (tertiary/aromatic N) is 1. The van der Waals surface area contributed by atoms with Gasteiger partial charge in [0.25, 0.3) is 0 Å². The lowest BCUT2D eigenvalue weighted by Gasteiger charge is -2.44. The van der Waals surface area contributed by atoms with E-state index in [1.165, 1.54) is 12.8 Å². The number of esters is 1. The predicted octanol–water partition coefficient (Wildman–Crippen LogP) is 4.20. The molecule has 2 aromatic rings. The monoisotopic (exact) mass is 431 g/mol. The second kappa shape index (κ2) is 8.62. The van der Waals surface area contributed by atoms with Crippen molar-refractivity contribution in [1.82, 2.24) is 4.90 Å². The Labute approximate surface area is 188 Å². The molecule has 2 heterocycles. The zero-order chi connectivity index (χ0) is 22.1. The van der Waals surface area contributed by atoms with Gasteiger partial charge in [0, 0.05) is 23.1 Å². The van der Waals surface area contributed by atoms with Gasteiger partial charge in [-0.05, 0) is 44.3 Å². The van der Waals surface area contributed by atoms with Crippen molar-refractivity contribution in [3.63, 3.8) is 0 Å². The molecule has 5 nitrogen and oxygen atoms in total. The SMILES string of the molecule is O=C(CC1(c2ccccc2)C(=O)c2ccccc2C1=O)OC[C@@H]1CCCN2CCCC[C@H]12. The number of carbonyl (C=O) groups is 3. The Morgan fingerprint density at radius 1 is 0.875 bits per heavy atom. The van der Waals surface area contributed by atoms with Crippen molar-refractivity contribution in [3.8, 4) is 0 Å². The van der Waals surface area contributed by atoms with Crippen LogP contribution in [0.3, 0.4) is 0 Å². The van der Waals surface area contributed by atoms with Crippen molar-refractivity contribution in [2.45, 2.75) is 50.0 Å². The highest BCUT2D eigenvalue weighted by Gasteiger charge is 2.55. The van der Waals surface area contributed by atoms with E-state index in [-0.39, 0.29) is 18.0 Å². The first kappa shape index (κ1) is 21.1. The fourth-order valence-corrected chi connectivity index (χ4v) is 5.93. The van der Waals surface area contributed by atoms with Gasteiger partial charge in [-0.15, -0.1) is 0 Å². The third-order valence-electron chi connectivity index (χ3n) is 7.55. The van der Waals surface area contributed by atoms with Crippen molar-refractivity contribution < 1.29 is 19.1 Å². The number of Topliss-reactive ketones (excluding diaryl/α,β-unsaturated/α-hetero) is 2. The molecule has 0 unspecified atom stereocenters. The van der Waals surface area contributed by atoms with Gasteiger partial charge in [-0.1, -0.05) is 61.0 Å². The molecule has 166 valence electrons. The predicted molar refractivity (Wildman–Crippen MR) is 121 cm³/mol. The molecule has 2 fully saturated rings.